The Morgan fingerprint density at radius 2 is 2.00 bits per heavy atom. The lowest BCUT2D eigenvalue weighted by atomic mass is 9.86. The van der Waals surface area contributed by atoms with Gasteiger partial charge in [-0.25, -0.2) is 4.39 Å². The highest BCUT2D eigenvalue weighted by atomic mass is 35.5. The number of aliphatic hydroxyl groups is 1. The molecule has 1 aromatic rings. The third-order valence-corrected chi connectivity index (χ3v) is 4.00. The van der Waals surface area contributed by atoms with Gasteiger partial charge in [0.2, 0.25) is 0 Å². The van der Waals surface area contributed by atoms with Crippen molar-refractivity contribution in [2.75, 3.05) is 7.11 Å². The Morgan fingerprint density at radius 1 is 1.39 bits per heavy atom. The minimum atomic E-state index is -0.711. The Morgan fingerprint density at radius 3 is 2.50 bits per heavy atom. The molecule has 0 heterocycles. The fourth-order valence-electron chi connectivity index (χ4n) is 2.24. The second-order valence-electron chi connectivity index (χ2n) is 4.43. The maximum Gasteiger partial charge on any atom is 0.123 e. The smallest absolute Gasteiger partial charge is 0.123 e. The normalized spacial score (nSPS) is 13.7. The van der Waals surface area contributed by atoms with E-state index in [0.717, 1.165) is 0 Å². The molecule has 1 rings (SSSR count). The molecule has 1 N–H and O–H groups in total. The van der Waals surface area contributed by atoms with Crippen molar-refractivity contribution in [3.8, 4) is 0 Å². The summed E-state index contributed by atoms with van der Waals surface area (Å²) in [6.45, 7) is 3.92. The van der Waals surface area contributed by atoms with E-state index in [9.17, 15) is 9.50 Å². The summed E-state index contributed by atoms with van der Waals surface area (Å²) < 4.78 is 18.6. The van der Waals surface area contributed by atoms with Crippen LogP contribution in [0.25, 0.3) is 0 Å². The van der Waals surface area contributed by atoms with Crippen LogP contribution in [0.2, 0.25) is 5.02 Å². The predicted octanol–water partition coefficient (Wildman–Crippen LogP) is 3.59. The molecule has 1 atom stereocenters. The van der Waals surface area contributed by atoms with Gasteiger partial charge in [-0.1, -0.05) is 25.4 Å². The topological polar surface area (TPSA) is 29.5 Å². The molecule has 0 fully saturated rings. The molecular formula is C14H20ClFO2. The third kappa shape index (κ3) is 3.22. The van der Waals surface area contributed by atoms with Crippen molar-refractivity contribution in [1.82, 2.24) is 0 Å². The van der Waals surface area contributed by atoms with Crippen LogP contribution < -0.4 is 0 Å². The molecule has 0 radical (unpaired) electrons. The lowest BCUT2D eigenvalue weighted by Crippen LogP contribution is -2.44. The van der Waals surface area contributed by atoms with Crippen molar-refractivity contribution >= 4 is 11.6 Å². The van der Waals surface area contributed by atoms with Gasteiger partial charge in [-0.2, -0.15) is 0 Å². The van der Waals surface area contributed by atoms with Crippen LogP contribution in [-0.4, -0.2) is 23.9 Å². The van der Waals surface area contributed by atoms with Crippen molar-refractivity contribution in [2.24, 2.45) is 0 Å². The molecule has 0 spiro atoms. The summed E-state index contributed by atoms with van der Waals surface area (Å²) in [5, 5.41) is 10.8. The van der Waals surface area contributed by atoms with Gasteiger partial charge >= 0.3 is 0 Å². The highest BCUT2D eigenvalue weighted by molar-refractivity contribution is 6.31. The number of rotatable bonds is 6. The molecule has 18 heavy (non-hydrogen) atoms. The van der Waals surface area contributed by atoms with Crippen molar-refractivity contribution < 1.29 is 14.2 Å². The van der Waals surface area contributed by atoms with Crippen molar-refractivity contribution in [3.63, 3.8) is 0 Å². The second-order valence-corrected chi connectivity index (χ2v) is 4.84. The number of benzene rings is 1. The maximum absolute atomic E-state index is 13.2. The molecule has 0 aromatic heterocycles. The number of methoxy groups -OCH3 is 1. The second kappa shape index (κ2) is 6.50. The van der Waals surface area contributed by atoms with E-state index < -0.39 is 11.7 Å². The van der Waals surface area contributed by atoms with Gasteiger partial charge in [0.1, 0.15) is 5.82 Å². The number of ether oxygens (including phenoxy) is 1. The molecule has 2 nitrogen and oxygen atoms in total. The van der Waals surface area contributed by atoms with Gasteiger partial charge in [0, 0.05) is 18.6 Å². The average Bonchev–Trinajstić information content (AvgIpc) is 2.37. The quantitative estimate of drug-likeness (QED) is 0.859. The Hall–Kier alpha value is -0.640. The zero-order valence-corrected chi connectivity index (χ0v) is 11.8. The highest BCUT2D eigenvalue weighted by Gasteiger charge is 2.34. The predicted molar refractivity (Wildman–Crippen MR) is 71.4 cm³/mol. The van der Waals surface area contributed by atoms with E-state index in [0.29, 0.717) is 23.4 Å². The average molecular weight is 275 g/mol. The fourth-order valence-corrected chi connectivity index (χ4v) is 2.43. The Balaban J connectivity index is 2.92. The van der Waals surface area contributed by atoms with E-state index in [-0.39, 0.29) is 12.2 Å². The van der Waals surface area contributed by atoms with E-state index in [1.165, 1.54) is 18.2 Å². The summed E-state index contributed by atoms with van der Waals surface area (Å²) in [7, 11) is 1.59. The molecule has 102 valence electrons. The standard InChI is InChI=1S/C14H20ClFO2/c1-4-14(5-2,18-3)13(17)9-10-8-11(16)6-7-12(10)15/h6-8,13,17H,4-5,9H2,1-3H3. The summed E-state index contributed by atoms with van der Waals surface area (Å²) in [6.07, 6.45) is 0.950. The molecule has 0 aliphatic heterocycles. The summed E-state index contributed by atoms with van der Waals surface area (Å²) in [6, 6.07) is 4.17. The van der Waals surface area contributed by atoms with Crippen molar-refractivity contribution in [3.05, 3.63) is 34.6 Å². The van der Waals surface area contributed by atoms with Crippen LogP contribution in [0.5, 0.6) is 0 Å². The third-order valence-electron chi connectivity index (χ3n) is 3.63. The zero-order chi connectivity index (χ0) is 13.8. The van der Waals surface area contributed by atoms with Crippen LogP contribution >= 0.6 is 11.6 Å². The summed E-state index contributed by atoms with van der Waals surface area (Å²) in [5.74, 6) is -0.349. The first-order valence-electron chi connectivity index (χ1n) is 6.16. The SMILES string of the molecule is CCC(CC)(OC)C(O)Cc1cc(F)ccc1Cl. The summed E-state index contributed by atoms with van der Waals surface area (Å²) in [5.41, 5.74) is 0.00262. The van der Waals surface area contributed by atoms with E-state index >= 15 is 0 Å². The fraction of sp³-hybridized carbons (Fsp3) is 0.571. The van der Waals surface area contributed by atoms with Gasteiger partial charge in [0.05, 0.1) is 11.7 Å². The first kappa shape index (κ1) is 15.4. The van der Waals surface area contributed by atoms with Gasteiger partial charge in [0.25, 0.3) is 0 Å². The maximum atomic E-state index is 13.2. The molecule has 0 aliphatic rings. The molecular weight excluding hydrogens is 255 g/mol. The monoisotopic (exact) mass is 274 g/mol. The first-order valence-corrected chi connectivity index (χ1v) is 6.54. The van der Waals surface area contributed by atoms with Crippen LogP contribution in [0.15, 0.2) is 18.2 Å². The summed E-state index contributed by atoms with van der Waals surface area (Å²) >= 11 is 6.00. The lowest BCUT2D eigenvalue weighted by Gasteiger charge is -2.35. The zero-order valence-electron chi connectivity index (χ0n) is 11.0. The molecule has 1 unspecified atom stereocenters. The van der Waals surface area contributed by atoms with Gasteiger partial charge < -0.3 is 9.84 Å². The Kier molecular flexibility index (Phi) is 5.57. The lowest BCUT2D eigenvalue weighted by molar-refractivity contribution is -0.106. The molecule has 0 aliphatic carbocycles. The van der Waals surface area contributed by atoms with E-state index in [2.05, 4.69) is 0 Å². The van der Waals surface area contributed by atoms with Crippen LogP contribution in [0.3, 0.4) is 0 Å². The minimum absolute atomic E-state index is 0.284. The Labute approximate surface area is 113 Å². The molecule has 4 heteroatoms. The van der Waals surface area contributed by atoms with Gasteiger partial charge in [-0.05, 0) is 36.6 Å². The minimum Gasteiger partial charge on any atom is -0.390 e. The van der Waals surface area contributed by atoms with Crippen LogP contribution in [-0.2, 0) is 11.2 Å². The first-order chi connectivity index (χ1) is 8.49. The van der Waals surface area contributed by atoms with Gasteiger partial charge in [0.15, 0.2) is 0 Å². The molecule has 0 amide bonds. The number of hydrogen-bond acceptors (Lipinski definition) is 2. The van der Waals surface area contributed by atoms with Gasteiger partial charge in [-0.15, -0.1) is 0 Å². The number of halogens is 2. The molecule has 1 aromatic carbocycles. The van der Waals surface area contributed by atoms with E-state index in [4.69, 9.17) is 16.3 Å². The van der Waals surface area contributed by atoms with Crippen molar-refractivity contribution in [2.45, 2.75) is 44.8 Å². The summed E-state index contributed by atoms with van der Waals surface area (Å²) in [4.78, 5) is 0. The molecule has 0 bridgehead atoms. The van der Waals surface area contributed by atoms with Crippen LogP contribution in [0.4, 0.5) is 4.39 Å². The molecule has 0 saturated heterocycles. The molecule has 0 saturated carbocycles. The van der Waals surface area contributed by atoms with Crippen LogP contribution in [0.1, 0.15) is 32.3 Å². The largest absolute Gasteiger partial charge is 0.390 e. The number of aliphatic hydroxyl groups excluding tert-OH is 1. The van der Waals surface area contributed by atoms with Gasteiger partial charge in [-0.3, -0.25) is 0 Å². The van der Waals surface area contributed by atoms with E-state index in [1.807, 2.05) is 13.8 Å². The van der Waals surface area contributed by atoms with E-state index in [1.54, 1.807) is 7.11 Å². The Bertz CT molecular complexity index is 383. The van der Waals surface area contributed by atoms with Crippen molar-refractivity contribution in [1.29, 1.82) is 0 Å². The highest BCUT2D eigenvalue weighted by Crippen LogP contribution is 2.28. The van der Waals surface area contributed by atoms with Crippen LogP contribution in [0, 0.1) is 5.82 Å². The number of hydrogen-bond donors (Lipinski definition) is 1.